The van der Waals surface area contributed by atoms with Gasteiger partial charge in [-0.05, 0) is 30.7 Å². The van der Waals surface area contributed by atoms with Crippen LogP contribution in [0.2, 0.25) is 5.02 Å². The lowest BCUT2D eigenvalue weighted by atomic mass is 10.3. The molecule has 1 aromatic carbocycles. The first-order valence-corrected chi connectivity index (χ1v) is 8.69. The van der Waals surface area contributed by atoms with Gasteiger partial charge >= 0.3 is 0 Å². The van der Waals surface area contributed by atoms with E-state index in [0.29, 0.717) is 25.2 Å². The van der Waals surface area contributed by atoms with Gasteiger partial charge in [0.05, 0.1) is 10.7 Å². The van der Waals surface area contributed by atoms with Crippen LogP contribution in [0.15, 0.2) is 35.4 Å². The molecule has 0 radical (unpaired) electrons. The Bertz CT molecular complexity index is 879. The van der Waals surface area contributed by atoms with E-state index in [1.807, 2.05) is 0 Å². The van der Waals surface area contributed by atoms with Crippen molar-refractivity contribution in [2.45, 2.75) is 17.9 Å². The highest BCUT2D eigenvalue weighted by Gasteiger charge is 2.23. The number of carbonyl (C=O) groups is 1. The molecule has 6 nitrogen and oxygen atoms in total. The molecule has 1 aromatic heterocycles. The second kappa shape index (κ2) is 5.86. The standard InChI is InChI=1S/C14H13ClFN3O3S/c15-11-6-9(2-3-12(11)16)18-23(21,22)10-7-13-14(20)17-4-1-5-19(13)8-10/h2-3,6-8,18H,1,4-5H2,(H,17,20). The lowest BCUT2D eigenvalue weighted by Crippen LogP contribution is -2.22. The van der Waals surface area contributed by atoms with Crippen LogP contribution in [-0.4, -0.2) is 25.4 Å². The van der Waals surface area contributed by atoms with Gasteiger partial charge in [0.2, 0.25) is 0 Å². The number of aromatic nitrogens is 1. The summed E-state index contributed by atoms with van der Waals surface area (Å²) in [5.41, 5.74) is 0.433. The van der Waals surface area contributed by atoms with Crippen LogP contribution in [0.3, 0.4) is 0 Å². The molecule has 0 atom stereocenters. The van der Waals surface area contributed by atoms with Crippen LogP contribution in [0.1, 0.15) is 16.9 Å². The quantitative estimate of drug-likeness (QED) is 0.883. The molecule has 2 heterocycles. The molecule has 0 unspecified atom stereocenters. The van der Waals surface area contributed by atoms with E-state index in [4.69, 9.17) is 11.6 Å². The number of nitrogens with one attached hydrogen (secondary N) is 2. The van der Waals surface area contributed by atoms with Gasteiger partial charge in [-0.15, -0.1) is 0 Å². The third kappa shape index (κ3) is 3.18. The van der Waals surface area contributed by atoms with Crippen molar-refractivity contribution in [3.63, 3.8) is 0 Å². The minimum absolute atomic E-state index is 0.0370. The topological polar surface area (TPSA) is 80.2 Å². The van der Waals surface area contributed by atoms with E-state index in [2.05, 4.69) is 10.0 Å². The average molecular weight is 358 g/mol. The van der Waals surface area contributed by atoms with Crippen molar-refractivity contribution in [1.29, 1.82) is 0 Å². The summed E-state index contributed by atoms with van der Waals surface area (Å²) < 4.78 is 41.9. The number of fused-ring (bicyclic) bond motifs is 1. The van der Waals surface area contributed by atoms with Crippen LogP contribution in [-0.2, 0) is 16.6 Å². The first-order chi connectivity index (χ1) is 10.9. The minimum Gasteiger partial charge on any atom is -0.351 e. The Morgan fingerprint density at radius 3 is 2.83 bits per heavy atom. The summed E-state index contributed by atoms with van der Waals surface area (Å²) in [5, 5.41) is 2.51. The molecule has 0 saturated carbocycles. The molecule has 0 spiro atoms. The molecule has 2 aromatic rings. The number of hydrogen-bond donors (Lipinski definition) is 2. The fraction of sp³-hybridized carbons (Fsp3) is 0.214. The molecule has 0 saturated heterocycles. The average Bonchev–Trinajstić information content (AvgIpc) is 2.85. The predicted octanol–water partition coefficient (Wildman–Crippen LogP) is 2.21. The Labute approximate surface area is 137 Å². The number of amides is 1. The van der Waals surface area contributed by atoms with Gasteiger partial charge < -0.3 is 9.88 Å². The fourth-order valence-electron chi connectivity index (χ4n) is 2.32. The van der Waals surface area contributed by atoms with E-state index in [9.17, 15) is 17.6 Å². The number of halogens is 2. The minimum atomic E-state index is -3.90. The van der Waals surface area contributed by atoms with Crippen molar-refractivity contribution in [1.82, 2.24) is 9.88 Å². The van der Waals surface area contributed by atoms with Crippen molar-refractivity contribution in [2.75, 3.05) is 11.3 Å². The first-order valence-electron chi connectivity index (χ1n) is 6.83. The van der Waals surface area contributed by atoms with Crippen LogP contribution >= 0.6 is 11.6 Å². The summed E-state index contributed by atoms with van der Waals surface area (Å²) in [6.07, 6.45) is 2.13. The highest BCUT2D eigenvalue weighted by Crippen LogP contribution is 2.23. The number of hydrogen-bond acceptors (Lipinski definition) is 3. The third-order valence-electron chi connectivity index (χ3n) is 3.45. The van der Waals surface area contributed by atoms with Crippen molar-refractivity contribution < 1.29 is 17.6 Å². The predicted molar refractivity (Wildman–Crippen MR) is 83.6 cm³/mol. The lowest BCUT2D eigenvalue weighted by Gasteiger charge is -2.07. The van der Waals surface area contributed by atoms with E-state index < -0.39 is 15.8 Å². The van der Waals surface area contributed by atoms with Gasteiger partial charge in [-0.1, -0.05) is 11.6 Å². The number of rotatable bonds is 3. The first kappa shape index (κ1) is 15.8. The molecule has 23 heavy (non-hydrogen) atoms. The molecular formula is C14H13ClFN3O3S. The zero-order valence-electron chi connectivity index (χ0n) is 11.8. The Balaban J connectivity index is 1.92. The number of carbonyl (C=O) groups excluding carboxylic acids is 1. The van der Waals surface area contributed by atoms with E-state index in [1.165, 1.54) is 24.4 Å². The van der Waals surface area contributed by atoms with Crippen LogP contribution in [0.4, 0.5) is 10.1 Å². The zero-order valence-corrected chi connectivity index (χ0v) is 13.4. The maximum atomic E-state index is 13.1. The van der Waals surface area contributed by atoms with Crippen LogP contribution in [0, 0.1) is 5.82 Å². The van der Waals surface area contributed by atoms with E-state index in [-0.39, 0.29) is 21.5 Å². The number of benzene rings is 1. The largest absolute Gasteiger partial charge is 0.351 e. The second-order valence-electron chi connectivity index (χ2n) is 5.10. The van der Waals surface area contributed by atoms with E-state index in [1.54, 1.807) is 4.57 Å². The zero-order chi connectivity index (χ0) is 16.6. The van der Waals surface area contributed by atoms with Gasteiger partial charge in [-0.25, -0.2) is 12.8 Å². The van der Waals surface area contributed by atoms with Crippen LogP contribution in [0.25, 0.3) is 0 Å². The molecular weight excluding hydrogens is 345 g/mol. The smallest absolute Gasteiger partial charge is 0.267 e. The molecule has 1 aliphatic rings. The maximum absolute atomic E-state index is 13.1. The lowest BCUT2D eigenvalue weighted by molar-refractivity contribution is 0.0951. The number of aryl methyl sites for hydroxylation is 1. The number of sulfonamides is 1. The fourth-order valence-corrected chi connectivity index (χ4v) is 3.59. The molecule has 0 fully saturated rings. The van der Waals surface area contributed by atoms with Crippen molar-refractivity contribution in [3.8, 4) is 0 Å². The molecule has 0 aliphatic carbocycles. The van der Waals surface area contributed by atoms with Gasteiger partial charge in [0.15, 0.2) is 0 Å². The SMILES string of the molecule is O=C1NCCCn2cc(S(=O)(=O)Nc3ccc(F)c(Cl)c3)cc21. The summed E-state index contributed by atoms with van der Waals surface area (Å²) in [5.74, 6) is -0.948. The molecule has 122 valence electrons. The van der Waals surface area contributed by atoms with Crippen LogP contribution < -0.4 is 10.0 Å². The number of nitrogens with zero attached hydrogens (tertiary/aromatic N) is 1. The molecule has 2 N–H and O–H groups in total. The molecule has 1 aliphatic heterocycles. The maximum Gasteiger partial charge on any atom is 0.267 e. The Morgan fingerprint density at radius 2 is 2.09 bits per heavy atom. The molecule has 0 bridgehead atoms. The van der Waals surface area contributed by atoms with Gasteiger partial charge in [0.25, 0.3) is 15.9 Å². The summed E-state index contributed by atoms with van der Waals surface area (Å²) in [6.45, 7) is 1.10. The normalized spacial score (nSPS) is 14.8. The second-order valence-corrected chi connectivity index (χ2v) is 7.19. The van der Waals surface area contributed by atoms with Crippen molar-refractivity contribution >= 4 is 33.2 Å². The summed E-state index contributed by atoms with van der Waals surface area (Å²) in [7, 11) is -3.90. The third-order valence-corrected chi connectivity index (χ3v) is 5.09. The Kier molecular flexibility index (Phi) is 4.03. The molecule has 1 amide bonds. The Hall–Kier alpha value is -2.06. The summed E-state index contributed by atoms with van der Waals surface area (Å²) >= 11 is 5.64. The molecule has 9 heteroatoms. The van der Waals surface area contributed by atoms with Gasteiger partial charge in [-0.2, -0.15) is 0 Å². The number of anilines is 1. The van der Waals surface area contributed by atoms with Crippen LogP contribution in [0.5, 0.6) is 0 Å². The highest BCUT2D eigenvalue weighted by molar-refractivity contribution is 7.92. The summed E-state index contributed by atoms with van der Waals surface area (Å²) in [6, 6.07) is 4.84. The van der Waals surface area contributed by atoms with Gasteiger partial charge in [0.1, 0.15) is 16.4 Å². The van der Waals surface area contributed by atoms with E-state index in [0.717, 1.165) is 6.07 Å². The van der Waals surface area contributed by atoms with Gasteiger partial charge in [0, 0.05) is 19.3 Å². The highest BCUT2D eigenvalue weighted by atomic mass is 35.5. The van der Waals surface area contributed by atoms with E-state index >= 15 is 0 Å². The van der Waals surface area contributed by atoms with Crippen molar-refractivity contribution in [3.05, 3.63) is 47.0 Å². The van der Waals surface area contributed by atoms with Crippen molar-refractivity contribution in [2.24, 2.45) is 0 Å². The summed E-state index contributed by atoms with van der Waals surface area (Å²) in [4.78, 5) is 11.8. The molecule has 3 rings (SSSR count). The van der Waals surface area contributed by atoms with Gasteiger partial charge in [-0.3, -0.25) is 9.52 Å². The Morgan fingerprint density at radius 1 is 1.30 bits per heavy atom. The monoisotopic (exact) mass is 357 g/mol.